The lowest BCUT2D eigenvalue weighted by molar-refractivity contribution is -0.114. The van der Waals surface area contributed by atoms with Gasteiger partial charge in [0.15, 0.2) is 5.96 Å². The van der Waals surface area contributed by atoms with Crippen LogP contribution in [0, 0.1) is 0 Å². The van der Waals surface area contributed by atoms with Crippen LogP contribution in [0.2, 0.25) is 0 Å². The molecule has 1 aromatic heterocycles. The van der Waals surface area contributed by atoms with Gasteiger partial charge in [-0.15, -0.1) is 11.3 Å². The monoisotopic (exact) mass is 372 g/mol. The van der Waals surface area contributed by atoms with Crippen LogP contribution in [0.15, 0.2) is 41.4 Å². The van der Waals surface area contributed by atoms with Gasteiger partial charge in [0.2, 0.25) is 5.91 Å². The number of carbonyl (C=O) groups excluding carboxylic acids is 1. The van der Waals surface area contributed by atoms with E-state index >= 15 is 0 Å². The van der Waals surface area contributed by atoms with Crippen molar-refractivity contribution in [3.8, 4) is 0 Å². The smallest absolute Gasteiger partial charge is 0.221 e. The van der Waals surface area contributed by atoms with E-state index in [1.54, 1.807) is 0 Å². The second kappa shape index (κ2) is 10.6. The second-order valence-corrected chi connectivity index (χ2v) is 7.22. The number of hydrogen-bond acceptors (Lipinski definition) is 3. The fourth-order valence-corrected chi connectivity index (χ4v) is 3.36. The minimum atomic E-state index is -0.0530. The zero-order valence-electron chi connectivity index (χ0n) is 15.8. The van der Waals surface area contributed by atoms with Gasteiger partial charge in [-0.2, -0.15) is 0 Å². The third-order valence-electron chi connectivity index (χ3n) is 3.78. The summed E-state index contributed by atoms with van der Waals surface area (Å²) in [6, 6.07) is 12.3. The highest BCUT2D eigenvalue weighted by Gasteiger charge is 2.01. The first kappa shape index (κ1) is 20.0. The largest absolute Gasteiger partial charge is 0.357 e. The molecule has 140 valence electrons. The molecule has 0 fully saturated rings. The maximum atomic E-state index is 11.0. The van der Waals surface area contributed by atoms with Crippen LogP contribution in [0.3, 0.4) is 0 Å². The number of anilines is 1. The Morgan fingerprint density at radius 2 is 1.77 bits per heavy atom. The molecule has 1 amide bonds. The molecule has 1 aromatic carbocycles. The molecule has 0 atom stereocenters. The Hall–Kier alpha value is -2.34. The minimum absolute atomic E-state index is 0.0530. The Kier molecular flexibility index (Phi) is 8.15. The number of hydrogen-bond donors (Lipinski definition) is 3. The Bertz CT molecular complexity index is 722. The molecule has 0 unspecified atom stereocenters. The average molecular weight is 373 g/mol. The van der Waals surface area contributed by atoms with Gasteiger partial charge < -0.3 is 16.0 Å². The zero-order chi connectivity index (χ0) is 18.8. The van der Waals surface area contributed by atoms with Crippen LogP contribution >= 0.6 is 11.3 Å². The predicted molar refractivity (Wildman–Crippen MR) is 111 cm³/mol. The number of carbonyl (C=O) groups is 1. The van der Waals surface area contributed by atoms with Gasteiger partial charge in [0.05, 0.1) is 6.54 Å². The SMILES string of the molecule is CCNC(=NCc1ccc(CC)s1)NCCc1ccc(NC(C)=O)cc1. The summed E-state index contributed by atoms with van der Waals surface area (Å²) >= 11 is 1.83. The zero-order valence-corrected chi connectivity index (χ0v) is 16.6. The summed E-state index contributed by atoms with van der Waals surface area (Å²) in [5.74, 6) is 0.788. The van der Waals surface area contributed by atoms with Crippen LogP contribution in [-0.4, -0.2) is 25.0 Å². The molecule has 0 saturated carbocycles. The fraction of sp³-hybridized carbons (Fsp3) is 0.400. The summed E-state index contributed by atoms with van der Waals surface area (Å²) in [4.78, 5) is 18.4. The van der Waals surface area contributed by atoms with Crippen LogP contribution in [0.1, 0.15) is 36.1 Å². The van der Waals surface area contributed by atoms with E-state index in [-0.39, 0.29) is 5.91 Å². The van der Waals surface area contributed by atoms with Crippen molar-refractivity contribution >= 4 is 28.9 Å². The molecule has 0 saturated heterocycles. The second-order valence-electron chi connectivity index (χ2n) is 5.97. The molecular formula is C20H28N4OS. The number of rotatable bonds is 8. The molecule has 0 bridgehead atoms. The van der Waals surface area contributed by atoms with Gasteiger partial charge in [0.1, 0.15) is 0 Å². The molecule has 0 spiro atoms. The van der Waals surface area contributed by atoms with Crippen molar-refractivity contribution in [2.24, 2.45) is 4.99 Å². The third kappa shape index (κ3) is 6.88. The molecule has 1 heterocycles. The molecule has 3 N–H and O–H groups in total. The highest BCUT2D eigenvalue weighted by molar-refractivity contribution is 7.11. The summed E-state index contributed by atoms with van der Waals surface area (Å²) in [7, 11) is 0. The number of aryl methyl sites for hydroxylation is 1. The van der Waals surface area contributed by atoms with Crippen molar-refractivity contribution in [3.63, 3.8) is 0 Å². The first-order valence-corrected chi connectivity index (χ1v) is 9.88. The van der Waals surface area contributed by atoms with Crippen LogP contribution in [0.25, 0.3) is 0 Å². The molecule has 0 aliphatic carbocycles. The summed E-state index contributed by atoms with van der Waals surface area (Å²) in [6.07, 6.45) is 1.97. The van der Waals surface area contributed by atoms with Crippen LogP contribution in [-0.2, 0) is 24.2 Å². The summed E-state index contributed by atoms with van der Waals surface area (Å²) in [5.41, 5.74) is 2.04. The molecule has 2 rings (SSSR count). The van der Waals surface area contributed by atoms with Crippen molar-refractivity contribution in [1.29, 1.82) is 0 Å². The van der Waals surface area contributed by atoms with Crippen molar-refractivity contribution in [3.05, 3.63) is 51.7 Å². The van der Waals surface area contributed by atoms with E-state index in [0.717, 1.165) is 37.6 Å². The number of guanidine groups is 1. The quantitative estimate of drug-likeness (QED) is 0.490. The van der Waals surface area contributed by atoms with Gasteiger partial charge in [0, 0.05) is 35.5 Å². The summed E-state index contributed by atoms with van der Waals surface area (Å²) in [5, 5.41) is 9.45. The van der Waals surface area contributed by atoms with E-state index in [0.29, 0.717) is 6.54 Å². The van der Waals surface area contributed by atoms with Gasteiger partial charge in [-0.25, -0.2) is 4.99 Å². The van der Waals surface area contributed by atoms with Crippen molar-refractivity contribution in [2.45, 2.75) is 40.2 Å². The number of aliphatic imine (C=N–C) groups is 1. The third-order valence-corrected chi connectivity index (χ3v) is 5.00. The van der Waals surface area contributed by atoms with Crippen molar-refractivity contribution in [2.75, 3.05) is 18.4 Å². The van der Waals surface area contributed by atoms with Gasteiger partial charge in [-0.05, 0) is 49.6 Å². The van der Waals surface area contributed by atoms with Crippen molar-refractivity contribution in [1.82, 2.24) is 10.6 Å². The number of benzene rings is 1. The standard InChI is InChI=1S/C20H28N4OS/c1-4-18-10-11-19(26-18)14-23-20(21-5-2)22-13-12-16-6-8-17(9-7-16)24-15(3)25/h6-11H,4-5,12-14H2,1-3H3,(H,24,25)(H2,21,22,23). The average Bonchev–Trinajstić information content (AvgIpc) is 3.09. The first-order chi connectivity index (χ1) is 12.6. The molecule has 0 aliphatic heterocycles. The maximum Gasteiger partial charge on any atom is 0.221 e. The lowest BCUT2D eigenvalue weighted by Crippen LogP contribution is -2.38. The van der Waals surface area contributed by atoms with Crippen LogP contribution < -0.4 is 16.0 Å². The molecule has 0 aliphatic rings. The predicted octanol–water partition coefficient (Wildman–Crippen LogP) is 3.57. The molecule has 5 nitrogen and oxygen atoms in total. The molecule has 6 heteroatoms. The van der Waals surface area contributed by atoms with Gasteiger partial charge in [0.25, 0.3) is 0 Å². The highest BCUT2D eigenvalue weighted by Crippen LogP contribution is 2.17. The van der Waals surface area contributed by atoms with Crippen LogP contribution in [0.5, 0.6) is 0 Å². The molecule has 26 heavy (non-hydrogen) atoms. The Labute approximate surface area is 159 Å². The molecular weight excluding hydrogens is 344 g/mol. The van der Waals surface area contributed by atoms with Gasteiger partial charge in [-0.1, -0.05) is 19.1 Å². The topological polar surface area (TPSA) is 65.5 Å². The summed E-state index contributed by atoms with van der Waals surface area (Å²) in [6.45, 7) is 8.09. The summed E-state index contributed by atoms with van der Waals surface area (Å²) < 4.78 is 0. The van der Waals surface area contributed by atoms with Crippen molar-refractivity contribution < 1.29 is 4.79 Å². The Morgan fingerprint density at radius 1 is 1.04 bits per heavy atom. The minimum Gasteiger partial charge on any atom is -0.357 e. The number of nitrogens with one attached hydrogen (secondary N) is 3. The normalized spacial score (nSPS) is 11.3. The van der Waals surface area contributed by atoms with E-state index in [4.69, 9.17) is 0 Å². The fourth-order valence-electron chi connectivity index (χ4n) is 2.48. The lowest BCUT2D eigenvalue weighted by Gasteiger charge is -2.11. The van der Waals surface area contributed by atoms with Gasteiger partial charge in [-0.3, -0.25) is 4.79 Å². The molecule has 0 radical (unpaired) electrons. The van der Waals surface area contributed by atoms with Crippen LogP contribution in [0.4, 0.5) is 5.69 Å². The van der Waals surface area contributed by atoms with E-state index in [9.17, 15) is 4.79 Å². The van der Waals surface area contributed by atoms with E-state index in [1.165, 1.54) is 22.2 Å². The van der Waals surface area contributed by atoms with E-state index in [2.05, 4.69) is 46.9 Å². The highest BCUT2D eigenvalue weighted by atomic mass is 32.1. The Morgan fingerprint density at radius 3 is 2.38 bits per heavy atom. The number of amides is 1. The number of thiophene rings is 1. The Balaban J connectivity index is 1.83. The van der Waals surface area contributed by atoms with E-state index in [1.807, 2.05) is 35.6 Å². The molecule has 2 aromatic rings. The van der Waals surface area contributed by atoms with Gasteiger partial charge >= 0.3 is 0 Å². The number of nitrogens with zero attached hydrogens (tertiary/aromatic N) is 1. The van der Waals surface area contributed by atoms with E-state index < -0.39 is 0 Å². The first-order valence-electron chi connectivity index (χ1n) is 9.07. The maximum absolute atomic E-state index is 11.0. The lowest BCUT2D eigenvalue weighted by atomic mass is 10.1.